The number of anilines is 1. The minimum atomic E-state index is -0.473. The van der Waals surface area contributed by atoms with Crippen LogP contribution in [0.15, 0.2) is 62.8 Å². The topological polar surface area (TPSA) is 96.6 Å². The van der Waals surface area contributed by atoms with Crippen molar-refractivity contribution in [2.75, 3.05) is 5.32 Å². The van der Waals surface area contributed by atoms with Gasteiger partial charge in [-0.2, -0.15) is 5.10 Å². The van der Waals surface area contributed by atoms with Crippen molar-refractivity contribution in [2.24, 2.45) is 5.10 Å². The van der Waals surface area contributed by atoms with E-state index in [1.165, 1.54) is 12.4 Å². The average molecular weight is 441 g/mol. The van der Waals surface area contributed by atoms with E-state index in [0.29, 0.717) is 21.5 Å². The van der Waals surface area contributed by atoms with Gasteiger partial charge in [-0.25, -0.2) is 5.43 Å². The molecule has 2 heterocycles. The van der Waals surface area contributed by atoms with Crippen LogP contribution in [-0.4, -0.2) is 23.0 Å². The second-order valence-corrected chi connectivity index (χ2v) is 6.89. The number of nitrogens with one attached hydrogen (secondary N) is 2. The number of hydrogen-bond acceptors (Lipinski definition) is 5. The van der Waals surface area contributed by atoms with E-state index >= 15 is 0 Å². The number of carbonyl (C=O) groups is 2. The molecule has 2 aromatic heterocycles. The van der Waals surface area contributed by atoms with E-state index in [-0.39, 0.29) is 11.5 Å². The number of hydrazone groups is 1. The Morgan fingerprint density at radius 1 is 1.18 bits per heavy atom. The maximum Gasteiger partial charge on any atom is 0.273 e. The smallest absolute Gasteiger partial charge is 0.273 e. The molecule has 1 aromatic carbocycles. The largest absolute Gasteiger partial charge is 0.460 e. The number of benzene rings is 1. The van der Waals surface area contributed by atoms with Crippen LogP contribution in [0.25, 0.3) is 0 Å². The quantitative estimate of drug-likeness (QED) is 0.461. The molecular weight excluding hydrogens is 424 g/mol. The fraction of sp³-hybridized carbons (Fsp3) is 0.100. The molecule has 7 nitrogen and oxygen atoms in total. The van der Waals surface area contributed by atoms with Crippen LogP contribution in [0.2, 0.25) is 0 Å². The minimum absolute atomic E-state index is 0.260. The first-order valence-electron chi connectivity index (χ1n) is 8.35. The highest BCUT2D eigenvalue weighted by atomic mass is 79.9. The lowest BCUT2D eigenvalue weighted by molar-refractivity contribution is 0.0956. The molecule has 0 atom stereocenters. The molecule has 142 valence electrons. The zero-order valence-electron chi connectivity index (χ0n) is 15.2. The van der Waals surface area contributed by atoms with Gasteiger partial charge in [-0.3, -0.25) is 14.6 Å². The number of furan rings is 1. The van der Waals surface area contributed by atoms with Crippen molar-refractivity contribution in [3.63, 3.8) is 0 Å². The third kappa shape index (κ3) is 4.72. The molecule has 0 bridgehead atoms. The van der Waals surface area contributed by atoms with Crippen molar-refractivity contribution in [3.8, 4) is 0 Å². The maximum absolute atomic E-state index is 12.6. The summed E-state index contributed by atoms with van der Waals surface area (Å²) < 4.78 is 6.17. The second-order valence-electron chi connectivity index (χ2n) is 5.97. The Kier molecular flexibility index (Phi) is 6.00. The highest BCUT2D eigenvalue weighted by molar-refractivity contribution is 9.10. The first-order chi connectivity index (χ1) is 13.4. The molecule has 0 aliphatic carbocycles. The van der Waals surface area contributed by atoms with Crippen LogP contribution in [-0.2, 0) is 0 Å². The monoisotopic (exact) mass is 440 g/mol. The number of nitrogens with zero attached hydrogens (tertiary/aromatic N) is 2. The van der Waals surface area contributed by atoms with Gasteiger partial charge < -0.3 is 9.73 Å². The lowest BCUT2D eigenvalue weighted by Crippen LogP contribution is -2.21. The number of aromatic nitrogens is 1. The molecule has 0 radical (unpaired) electrons. The normalized spacial score (nSPS) is 10.8. The number of hydrogen-bond donors (Lipinski definition) is 2. The van der Waals surface area contributed by atoms with Crippen LogP contribution < -0.4 is 10.7 Å². The zero-order valence-corrected chi connectivity index (χ0v) is 16.8. The van der Waals surface area contributed by atoms with Gasteiger partial charge in [-0.1, -0.05) is 15.9 Å². The summed E-state index contributed by atoms with van der Waals surface area (Å²) in [5.74, 6) is 0.489. The molecule has 2 amide bonds. The summed E-state index contributed by atoms with van der Waals surface area (Å²) in [6.45, 7) is 3.78. The number of aryl methyl sites for hydroxylation is 2. The van der Waals surface area contributed by atoms with Crippen LogP contribution in [0.3, 0.4) is 0 Å². The SMILES string of the molecule is Cc1cc(/C=N/NC(=O)c2cc(Br)ccc2NC(=O)c2cccnc2)oc1C. The van der Waals surface area contributed by atoms with Gasteiger partial charge >= 0.3 is 0 Å². The maximum atomic E-state index is 12.6. The molecule has 0 fully saturated rings. The Bertz CT molecular complexity index is 1030. The summed E-state index contributed by atoms with van der Waals surface area (Å²) in [6, 6.07) is 10.1. The van der Waals surface area contributed by atoms with E-state index in [2.05, 4.69) is 36.8 Å². The lowest BCUT2D eigenvalue weighted by Gasteiger charge is -2.10. The Hall–Kier alpha value is -3.26. The third-order valence-corrected chi connectivity index (χ3v) is 4.43. The molecule has 3 rings (SSSR count). The van der Waals surface area contributed by atoms with Gasteiger partial charge in [0.25, 0.3) is 11.8 Å². The average Bonchev–Trinajstić information content (AvgIpc) is 3.01. The number of rotatable bonds is 5. The predicted octanol–water partition coefficient (Wildman–Crippen LogP) is 4.07. The molecule has 0 aliphatic rings. The van der Waals surface area contributed by atoms with E-state index < -0.39 is 5.91 Å². The molecule has 0 unspecified atom stereocenters. The van der Waals surface area contributed by atoms with Crippen molar-refractivity contribution >= 4 is 39.6 Å². The van der Waals surface area contributed by atoms with Crippen LogP contribution in [0.4, 0.5) is 5.69 Å². The molecule has 0 saturated carbocycles. The molecule has 3 aromatic rings. The molecule has 28 heavy (non-hydrogen) atoms. The highest BCUT2D eigenvalue weighted by Gasteiger charge is 2.15. The van der Waals surface area contributed by atoms with Crippen molar-refractivity contribution < 1.29 is 14.0 Å². The Balaban J connectivity index is 1.76. The first-order valence-corrected chi connectivity index (χ1v) is 9.14. The summed E-state index contributed by atoms with van der Waals surface area (Å²) in [5.41, 5.74) is 4.45. The summed E-state index contributed by atoms with van der Waals surface area (Å²) >= 11 is 3.34. The summed E-state index contributed by atoms with van der Waals surface area (Å²) in [5, 5.41) is 6.65. The zero-order chi connectivity index (χ0) is 20.1. The summed E-state index contributed by atoms with van der Waals surface area (Å²) in [4.78, 5) is 28.8. The molecule has 8 heteroatoms. The molecule has 0 saturated heterocycles. The fourth-order valence-corrected chi connectivity index (χ4v) is 2.75. The second kappa shape index (κ2) is 8.62. The first kappa shape index (κ1) is 19.5. The number of amides is 2. The van der Waals surface area contributed by atoms with Crippen LogP contribution in [0, 0.1) is 13.8 Å². The summed E-state index contributed by atoms with van der Waals surface area (Å²) in [6.07, 6.45) is 4.45. The number of halogens is 1. The summed E-state index contributed by atoms with van der Waals surface area (Å²) in [7, 11) is 0. The fourth-order valence-electron chi connectivity index (χ4n) is 2.39. The Labute approximate surface area is 170 Å². The van der Waals surface area contributed by atoms with E-state index in [0.717, 1.165) is 11.3 Å². The van der Waals surface area contributed by atoms with Crippen LogP contribution in [0.1, 0.15) is 37.8 Å². The Morgan fingerprint density at radius 2 is 2.00 bits per heavy atom. The molecule has 0 aliphatic heterocycles. The van der Waals surface area contributed by atoms with Gasteiger partial charge in [0, 0.05) is 16.9 Å². The third-order valence-electron chi connectivity index (χ3n) is 3.94. The van der Waals surface area contributed by atoms with Gasteiger partial charge in [-0.15, -0.1) is 0 Å². The molecular formula is C20H17BrN4O3. The Morgan fingerprint density at radius 3 is 2.68 bits per heavy atom. The lowest BCUT2D eigenvalue weighted by atomic mass is 10.1. The van der Waals surface area contributed by atoms with E-state index in [9.17, 15) is 9.59 Å². The van der Waals surface area contributed by atoms with Crippen LogP contribution in [0.5, 0.6) is 0 Å². The van der Waals surface area contributed by atoms with Crippen molar-refractivity contribution in [1.29, 1.82) is 0 Å². The number of carbonyl (C=O) groups excluding carboxylic acids is 2. The van der Waals surface area contributed by atoms with Crippen molar-refractivity contribution in [2.45, 2.75) is 13.8 Å². The number of pyridine rings is 1. The minimum Gasteiger partial charge on any atom is -0.460 e. The standard InChI is InChI=1S/C20H17BrN4O3/c1-12-8-16(28-13(12)2)11-23-25-20(27)17-9-15(21)5-6-18(17)24-19(26)14-4-3-7-22-10-14/h3-11H,1-2H3,(H,24,26)(H,25,27)/b23-11+. The molecule has 0 spiro atoms. The van der Waals surface area contributed by atoms with Gasteiger partial charge in [0.1, 0.15) is 11.5 Å². The van der Waals surface area contributed by atoms with E-state index in [4.69, 9.17) is 4.42 Å². The van der Waals surface area contributed by atoms with Crippen LogP contribution >= 0.6 is 15.9 Å². The van der Waals surface area contributed by atoms with Gasteiger partial charge in [0.2, 0.25) is 0 Å². The van der Waals surface area contributed by atoms with E-state index in [1.54, 1.807) is 36.5 Å². The van der Waals surface area contributed by atoms with E-state index in [1.807, 2.05) is 19.9 Å². The van der Waals surface area contributed by atoms with Gasteiger partial charge in [0.15, 0.2) is 0 Å². The van der Waals surface area contributed by atoms with Gasteiger partial charge in [-0.05, 0) is 55.8 Å². The molecule has 2 N–H and O–H groups in total. The van der Waals surface area contributed by atoms with Crippen molar-refractivity contribution in [3.05, 3.63) is 81.5 Å². The van der Waals surface area contributed by atoms with Gasteiger partial charge in [0.05, 0.1) is 23.0 Å². The predicted molar refractivity (Wildman–Crippen MR) is 110 cm³/mol. The van der Waals surface area contributed by atoms with Crippen molar-refractivity contribution in [1.82, 2.24) is 10.4 Å². The highest BCUT2D eigenvalue weighted by Crippen LogP contribution is 2.22.